The van der Waals surface area contributed by atoms with E-state index < -0.39 is 5.97 Å². The van der Waals surface area contributed by atoms with Crippen LogP contribution in [0.15, 0.2) is 40.6 Å². The number of ether oxygens (including phenoxy) is 2. The number of rotatable bonds is 10. The maximum Gasteiger partial charge on any atom is 0.339 e. The third kappa shape index (κ3) is 5.84. The average molecular weight is 459 g/mol. The molecule has 0 saturated heterocycles. The van der Waals surface area contributed by atoms with Crippen LogP contribution in [0.4, 0.5) is 0 Å². The first-order valence-corrected chi connectivity index (χ1v) is 11.8. The minimum Gasteiger partial charge on any atom is -0.454 e. The first-order chi connectivity index (χ1) is 14.9. The number of carbonyl (C=O) groups is 2. The molecule has 0 unspecified atom stereocenters. The van der Waals surface area contributed by atoms with Crippen LogP contribution in [0.5, 0.6) is 0 Å². The fraction of sp³-hybridized carbons (Fsp3) is 0.348. The highest BCUT2D eigenvalue weighted by Crippen LogP contribution is 2.27. The number of ketones is 1. The van der Waals surface area contributed by atoms with Gasteiger partial charge >= 0.3 is 5.97 Å². The van der Waals surface area contributed by atoms with Crippen molar-refractivity contribution in [1.82, 2.24) is 9.55 Å². The van der Waals surface area contributed by atoms with Crippen LogP contribution in [-0.2, 0) is 21.8 Å². The van der Waals surface area contributed by atoms with Crippen LogP contribution in [0.2, 0.25) is 0 Å². The van der Waals surface area contributed by atoms with Gasteiger partial charge in [-0.2, -0.15) is 0 Å². The van der Waals surface area contributed by atoms with E-state index in [9.17, 15) is 9.59 Å². The molecule has 0 aliphatic rings. The molecule has 0 radical (unpaired) electrons. The number of benzene rings is 1. The summed E-state index contributed by atoms with van der Waals surface area (Å²) in [7, 11) is 1.65. The quantitative estimate of drug-likeness (QED) is 0.246. The summed E-state index contributed by atoms with van der Waals surface area (Å²) in [6, 6.07) is 9.11. The lowest BCUT2D eigenvalue weighted by atomic mass is 10.1. The van der Waals surface area contributed by atoms with Gasteiger partial charge in [-0.15, -0.1) is 23.1 Å². The Balaban J connectivity index is 1.64. The van der Waals surface area contributed by atoms with Gasteiger partial charge in [0.1, 0.15) is 0 Å². The number of nitrogens with zero attached hydrogens (tertiary/aromatic N) is 2. The molecule has 0 saturated carbocycles. The minimum absolute atomic E-state index is 0.215. The zero-order valence-corrected chi connectivity index (χ0v) is 19.8. The summed E-state index contributed by atoms with van der Waals surface area (Å²) in [5.41, 5.74) is 3.84. The standard InChI is InChI=1S/C23H26N2O4S2/c1-15-11-20(16(2)25(15)9-10-28-4)21(26)12-29-23(27)19-7-5-6-8-22(19)31-14-18-13-30-17(3)24-18/h5-8,11,13H,9-10,12,14H2,1-4H3. The number of Topliss-reactive ketones (excluding diaryl/α,β-unsaturated/α-hetero) is 1. The third-order valence-corrected chi connectivity index (χ3v) is 6.81. The van der Waals surface area contributed by atoms with Crippen LogP contribution < -0.4 is 0 Å². The largest absolute Gasteiger partial charge is 0.454 e. The van der Waals surface area contributed by atoms with Gasteiger partial charge in [0.25, 0.3) is 0 Å². The maximum absolute atomic E-state index is 12.7. The molecular weight excluding hydrogens is 432 g/mol. The van der Waals surface area contributed by atoms with Crippen molar-refractivity contribution in [1.29, 1.82) is 0 Å². The number of hydrogen-bond acceptors (Lipinski definition) is 7. The summed E-state index contributed by atoms with van der Waals surface area (Å²) in [6.07, 6.45) is 0. The Bertz CT molecular complexity index is 1070. The van der Waals surface area contributed by atoms with Crippen LogP contribution in [0.1, 0.15) is 42.8 Å². The fourth-order valence-corrected chi connectivity index (χ4v) is 4.94. The minimum atomic E-state index is -0.501. The van der Waals surface area contributed by atoms with Crippen molar-refractivity contribution in [2.45, 2.75) is 38.0 Å². The van der Waals surface area contributed by atoms with E-state index in [2.05, 4.69) is 4.98 Å². The first kappa shape index (κ1) is 23.2. The van der Waals surface area contributed by atoms with E-state index in [1.54, 1.807) is 30.6 Å². The molecular formula is C23H26N2O4S2. The van der Waals surface area contributed by atoms with E-state index in [4.69, 9.17) is 9.47 Å². The Morgan fingerprint density at radius 2 is 1.94 bits per heavy atom. The zero-order chi connectivity index (χ0) is 22.4. The van der Waals surface area contributed by atoms with Gasteiger partial charge in [-0.3, -0.25) is 4.79 Å². The molecule has 3 aromatic rings. The van der Waals surface area contributed by atoms with Crippen molar-refractivity contribution in [2.75, 3.05) is 20.3 Å². The van der Waals surface area contributed by atoms with Crippen molar-refractivity contribution in [3.05, 3.63) is 68.9 Å². The molecule has 2 heterocycles. The SMILES string of the molecule is COCCn1c(C)cc(C(=O)COC(=O)c2ccccc2SCc2csc(C)n2)c1C. The molecule has 2 aromatic heterocycles. The Morgan fingerprint density at radius 1 is 1.16 bits per heavy atom. The number of thioether (sulfide) groups is 1. The van der Waals surface area contributed by atoms with E-state index in [0.29, 0.717) is 30.0 Å². The fourth-order valence-electron chi connectivity index (χ4n) is 3.28. The van der Waals surface area contributed by atoms with Crippen LogP contribution >= 0.6 is 23.1 Å². The lowest BCUT2D eigenvalue weighted by Gasteiger charge is -2.10. The maximum atomic E-state index is 12.7. The highest BCUT2D eigenvalue weighted by Gasteiger charge is 2.19. The summed E-state index contributed by atoms with van der Waals surface area (Å²) < 4.78 is 12.5. The van der Waals surface area contributed by atoms with Gasteiger partial charge in [0, 0.05) is 46.6 Å². The van der Waals surface area contributed by atoms with Gasteiger partial charge in [-0.25, -0.2) is 9.78 Å². The summed E-state index contributed by atoms with van der Waals surface area (Å²) in [4.78, 5) is 30.7. The van der Waals surface area contributed by atoms with Gasteiger partial charge in [0.2, 0.25) is 5.78 Å². The number of hydrogen-bond donors (Lipinski definition) is 0. The second kappa shape index (κ2) is 10.7. The Hall–Kier alpha value is -2.42. The molecule has 6 nitrogen and oxygen atoms in total. The van der Waals surface area contributed by atoms with Gasteiger partial charge in [-0.1, -0.05) is 12.1 Å². The number of thiazole rings is 1. The van der Waals surface area contributed by atoms with Crippen molar-refractivity contribution < 1.29 is 19.1 Å². The van der Waals surface area contributed by atoms with Crippen LogP contribution in [0.25, 0.3) is 0 Å². The Morgan fingerprint density at radius 3 is 2.65 bits per heavy atom. The lowest BCUT2D eigenvalue weighted by Crippen LogP contribution is -2.16. The van der Waals surface area contributed by atoms with E-state index in [1.807, 2.05) is 48.9 Å². The van der Waals surface area contributed by atoms with Crippen molar-refractivity contribution in [2.24, 2.45) is 0 Å². The number of aryl methyl sites for hydroxylation is 2. The highest BCUT2D eigenvalue weighted by molar-refractivity contribution is 7.98. The molecule has 164 valence electrons. The number of aromatic nitrogens is 2. The summed E-state index contributed by atoms with van der Waals surface area (Å²) in [5.74, 6) is -0.0478. The molecule has 1 aromatic carbocycles. The molecule has 0 aliphatic carbocycles. The average Bonchev–Trinajstić information content (AvgIpc) is 3.31. The third-order valence-electron chi connectivity index (χ3n) is 4.88. The van der Waals surface area contributed by atoms with Gasteiger partial charge in [0.05, 0.1) is 22.9 Å². The smallest absolute Gasteiger partial charge is 0.339 e. The molecule has 0 aliphatic heterocycles. The predicted molar refractivity (Wildman–Crippen MR) is 123 cm³/mol. The molecule has 0 bridgehead atoms. The summed E-state index contributed by atoms with van der Waals surface area (Å²) >= 11 is 3.14. The van der Waals surface area contributed by atoms with Crippen LogP contribution in [0, 0.1) is 20.8 Å². The molecule has 0 amide bonds. The summed E-state index contributed by atoms with van der Waals surface area (Å²) in [5, 5.41) is 3.04. The van der Waals surface area contributed by atoms with E-state index >= 15 is 0 Å². The van der Waals surface area contributed by atoms with Crippen molar-refractivity contribution in [3.63, 3.8) is 0 Å². The Labute approximate surface area is 190 Å². The number of methoxy groups -OCH3 is 1. The molecule has 0 N–H and O–H groups in total. The van der Waals surface area contributed by atoms with E-state index in [-0.39, 0.29) is 12.4 Å². The molecule has 0 fully saturated rings. The topological polar surface area (TPSA) is 70.4 Å². The predicted octanol–water partition coefficient (Wildman–Crippen LogP) is 4.85. The molecule has 0 atom stereocenters. The van der Waals surface area contributed by atoms with E-state index in [0.717, 1.165) is 27.0 Å². The number of carbonyl (C=O) groups excluding carboxylic acids is 2. The van der Waals surface area contributed by atoms with Gasteiger partial charge < -0.3 is 14.0 Å². The van der Waals surface area contributed by atoms with Crippen molar-refractivity contribution >= 4 is 34.9 Å². The molecule has 8 heteroatoms. The Kier molecular flexibility index (Phi) is 8.06. The van der Waals surface area contributed by atoms with Crippen LogP contribution in [-0.4, -0.2) is 41.6 Å². The monoisotopic (exact) mass is 458 g/mol. The molecule has 3 rings (SSSR count). The normalized spacial score (nSPS) is 11.0. The molecule has 31 heavy (non-hydrogen) atoms. The van der Waals surface area contributed by atoms with Gasteiger partial charge in [0.15, 0.2) is 6.61 Å². The second-order valence-electron chi connectivity index (χ2n) is 7.07. The van der Waals surface area contributed by atoms with Crippen molar-refractivity contribution in [3.8, 4) is 0 Å². The summed E-state index contributed by atoms with van der Waals surface area (Å²) in [6.45, 7) is 6.75. The molecule has 0 spiro atoms. The van der Waals surface area contributed by atoms with Crippen LogP contribution in [0.3, 0.4) is 0 Å². The number of esters is 1. The highest BCUT2D eigenvalue weighted by atomic mass is 32.2. The van der Waals surface area contributed by atoms with E-state index in [1.165, 1.54) is 11.8 Å². The van der Waals surface area contributed by atoms with Gasteiger partial charge in [-0.05, 0) is 39.0 Å². The zero-order valence-electron chi connectivity index (χ0n) is 18.1. The first-order valence-electron chi connectivity index (χ1n) is 9.89. The lowest BCUT2D eigenvalue weighted by molar-refractivity contribution is 0.0471. The second-order valence-corrected chi connectivity index (χ2v) is 9.15.